The van der Waals surface area contributed by atoms with Gasteiger partial charge in [-0.2, -0.15) is 0 Å². The first-order chi connectivity index (χ1) is 25.4. The molecule has 0 fully saturated rings. The van der Waals surface area contributed by atoms with Crippen molar-refractivity contribution in [2.45, 2.75) is 46.0 Å². The summed E-state index contributed by atoms with van der Waals surface area (Å²) in [6.45, 7) is 7.07. The average Bonchev–Trinajstić information content (AvgIpc) is 3.14. The van der Waals surface area contributed by atoms with E-state index >= 15 is 0 Å². The molecule has 53 heavy (non-hydrogen) atoms. The van der Waals surface area contributed by atoms with E-state index in [0.29, 0.717) is 17.5 Å². The zero-order valence-corrected chi connectivity index (χ0v) is 29.7. The molecule has 0 spiro atoms. The molecule has 0 saturated heterocycles. The zero-order chi connectivity index (χ0) is 38.7. The fourth-order valence-corrected chi connectivity index (χ4v) is 6.01. The predicted octanol–water partition coefficient (Wildman–Crippen LogP) is 5.18. The van der Waals surface area contributed by atoms with Gasteiger partial charge in [0.2, 0.25) is 0 Å². The van der Waals surface area contributed by atoms with Crippen LogP contribution in [0.15, 0.2) is 95.6 Å². The highest BCUT2D eigenvalue weighted by atomic mass is 16.6. The normalized spacial score (nSPS) is 14.6. The molecule has 2 aliphatic rings. The van der Waals surface area contributed by atoms with Crippen LogP contribution in [0.4, 0.5) is 11.4 Å². The Bertz CT molecular complexity index is 1680. The van der Waals surface area contributed by atoms with E-state index in [-0.39, 0.29) is 73.2 Å². The SMILES string of the molecule is CCOC(=O)C1=CN(CCCN2C=C(C(=O)OCC)C(c3cccc([N+](=O)[O-])c3)C(C(=O)OCC)=C2)C=C(C(=O)OCC)C1c1cccc([N+](=O)[O-])c1. The molecule has 0 radical (unpaired) electrons. The van der Waals surface area contributed by atoms with E-state index in [2.05, 4.69) is 0 Å². The molecule has 2 aliphatic heterocycles. The smallest absolute Gasteiger partial charge is 0.336 e. The molecule has 2 aromatic rings. The Hall–Kier alpha value is -6.32. The highest BCUT2D eigenvalue weighted by molar-refractivity contribution is 5.99. The number of ether oxygens (including phenoxy) is 4. The first-order valence-corrected chi connectivity index (χ1v) is 17.0. The van der Waals surface area contributed by atoms with Gasteiger partial charge in [-0.25, -0.2) is 19.2 Å². The Morgan fingerprint density at radius 1 is 0.566 bits per heavy atom. The van der Waals surface area contributed by atoms with Gasteiger partial charge in [0, 0.05) is 62.2 Å². The second-order valence-corrected chi connectivity index (χ2v) is 11.6. The Morgan fingerprint density at radius 3 is 1.13 bits per heavy atom. The molecule has 0 amide bonds. The minimum Gasteiger partial charge on any atom is -0.463 e. The first kappa shape index (κ1) is 39.5. The number of benzene rings is 2. The van der Waals surface area contributed by atoms with Crippen LogP contribution in [0.1, 0.15) is 57.1 Å². The van der Waals surface area contributed by atoms with Gasteiger partial charge in [-0.05, 0) is 45.2 Å². The summed E-state index contributed by atoms with van der Waals surface area (Å²) in [6.07, 6.45) is 6.38. The molecular formula is C37H40N4O12. The minimum absolute atomic E-state index is 0.0346. The highest BCUT2D eigenvalue weighted by Crippen LogP contribution is 2.40. The molecule has 0 atom stereocenters. The van der Waals surface area contributed by atoms with E-state index in [1.807, 2.05) is 0 Å². The Labute approximate surface area is 305 Å². The number of esters is 4. The summed E-state index contributed by atoms with van der Waals surface area (Å²) in [5.41, 5.74) is 0.422. The van der Waals surface area contributed by atoms with Gasteiger partial charge in [0.1, 0.15) is 0 Å². The molecule has 0 unspecified atom stereocenters. The summed E-state index contributed by atoms with van der Waals surface area (Å²) in [4.78, 5) is 78.5. The van der Waals surface area contributed by atoms with Crippen LogP contribution in [-0.4, -0.2) is 83.0 Å². The molecular weight excluding hydrogens is 692 g/mol. The van der Waals surface area contributed by atoms with E-state index in [1.165, 1.54) is 61.2 Å². The van der Waals surface area contributed by atoms with Crippen LogP contribution in [0.3, 0.4) is 0 Å². The van der Waals surface area contributed by atoms with E-state index < -0.39 is 45.6 Å². The number of hydrogen-bond donors (Lipinski definition) is 0. The van der Waals surface area contributed by atoms with Gasteiger partial charge in [-0.1, -0.05) is 24.3 Å². The molecule has 0 aromatic heterocycles. The van der Waals surface area contributed by atoms with Crippen molar-refractivity contribution in [3.05, 3.63) is 127 Å². The van der Waals surface area contributed by atoms with Crippen LogP contribution in [0.5, 0.6) is 0 Å². The monoisotopic (exact) mass is 732 g/mol. The second-order valence-electron chi connectivity index (χ2n) is 11.6. The standard InChI is InChI=1S/C37H40N4O12/c1-5-50-34(42)28-20-38(21-29(35(43)51-6-2)32(28)24-12-9-14-26(18-24)40(46)47)16-11-17-39-22-30(36(44)52-7-3)33(31(23-39)37(45)53-8-4)25-13-10-15-27(19-25)41(48)49/h9-10,12-15,18-23,32-33H,5-8,11,16-17H2,1-4H3. The average molecular weight is 733 g/mol. The molecule has 2 heterocycles. The van der Waals surface area contributed by atoms with E-state index in [0.717, 1.165) is 0 Å². The summed E-state index contributed by atoms with van der Waals surface area (Å²) in [5.74, 6) is -4.95. The van der Waals surface area contributed by atoms with Gasteiger partial charge in [-0.3, -0.25) is 20.2 Å². The van der Waals surface area contributed by atoms with Crippen LogP contribution in [0.25, 0.3) is 0 Å². The van der Waals surface area contributed by atoms with E-state index in [1.54, 1.807) is 49.6 Å². The van der Waals surface area contributed by atoms with E-state index in [9.17, 15) is 39.4 Å². The maximum Gasteiger partial charge on any atom is 0.336 e. The Balaban J connectivity index is 1.70. The minimum atomic E-state index is -1.03. The maximum absolute atomic E-state index is 13.3. The van der Waals surface area contributed by atoms with Crippen molar-refractivity contribution in [2.75, 3.05) is 39.5 Å². The third kappa shape index (κ3) is 9.52. The van der Waals surface area contributed by atoms with Crippen molar-refractivity contribution in [1.29, 1.82) is 0 Å². The fraction of sp³-hybridized carbons (Fsp3) is 0.351. The number of carbonyl (C=O) groups excluding carboxylic acids is 4. The third-order valence-electron chi connectivity index (χ3n) is 8.17. The van der Waals surface area contributed by atoms with Gasteiger partial charge in [0.25, 0.3) is 11.4 Å². The molecule has 280 valence electrons. The summed E-state index contributed by atoms with van der Waals surface area (Å²) in [5, 5.41) is 23.2. The molecule has 16 nitrogen and oxygen atoms in total. The number of rotatable bonds is 16. The van der Waals surface area contributed by atoms with Crippen molar-refractivity contribution in [1.82, 2.24) is 9.80 Å². The quantitative estimate of drug-likeness (QED) is 0.0947. The molecule has 0 bridgehead atoms. The number of carbonyl (C=O) groups is 4. The Morgan fingerprint density at radius 2 is 0.868 bits per heavy atom. The van der Waals surface area contributed by atoms with Crippen LogP contribution >= 0.6 is 0 Å². The van der Waals surface area contributed by atoms with Gasteiger partial charge >= 0.3 is 23.9 Å². The van der Waals surface area contributed by atoms with Crippen LogP contribution < -0.4 is 0 Å². The summed E-state index contributed by atoms with van der Waals surface area (Å²) >= 11 is 0. The molecule has 0 N–H and O–H groups in total. The Kier molecular flexibility index (Phi) is 13.6. The summed E-state index contributed by atoms with van der Waals surface area (Å²) in [6, 6.07) is 11.3. The van der Waals surface area contributed by atoms with Crippen molar-refractivity contribution >= 4 is 35.3 Å². The molecule has 16 heteroatoms. The zero-order valence-electron chi connectivity index (χ0n) is 29.7. The number of nitro groups is 2. The van der Waals surface area contributed by atoms with Gasteiger partial charge < -0.3 is 28.7 Å². The van der Waals surface area contributed by atoms with Gasteiger partial charge in [-0.15, -0.1) is 0 Å². The van der Waals surface area contributed by atoms with Crippen molar-refractivity contribution in [2.24, 2.45) is 0 Å². The summed E-state index contributed by atoms with van der Waals surface area (Å²) in [7, 11) is 0. The largest absolute Gasteiger partial charge is 0.463 e. The maximum atomic E-state index is 13.3. The van der Waals surface area contributed by atoms with Gasteiger partial charge in [0.05, 0.1) is 70.4 Å². The van der Waals surface area contributed by atoms with Gasteiger partial charge in [0.15, 0.2) is 0 Å². The number of nitrogens with zero attached hydrogens (tertiary/aromatic N) is 4. The van der Waals surface area contributed by atoms with E-state index in [4.69, 9.17) is 18.9 Å². The lowest BCUT2D eigenvalue weighted by Crippen LogP contribution is -2.32. The third-order valence-corrected chi connectivity index (χ3v) is 8.17. The topological polar surface area (TPSA) is 198 Å². The first-order valence-electron chi connectivity index (χ1n) is 17.0. The molecule has 4 rings (SSSR count). The van der Waals surface area contributed by atoms with Crippen LogP contribution in [0, 0.1) is 20.2 Å². The highest BCUT2D eigenvalue weighted by Gasteiger charge is 2.38. The van der Waals surface area contributed by atoms with Crippen LogP contribution in [-0.2, 0) is 38.1 Å². The molecule has 0 aliphatic carbocycles. The lowest BCUT2D eigenvalue weighted by molar-refractivity contribution is -0.385. The molecule has 2 aromatic carbocycles. The number of hydrogen-bond acceptors (Lipinski definition) is 14. The lowest BCUT2D eigenvalue weighted by Gasteiger charge is -2.32. The predicted molar refractivity (Wildman–Crippen MR) is 189 cm³/mol. The van der Waals surface area contributed by atoms with Crippen molar-refractivity contribution < 1.29 is 48.0 Å². The van der Waals surface area contributed by atoms with Crippen molar-refractivity contribution in [3.8, 4) is 0 Å². The number of non-ortho nitro benzene ring substituents is 2. The fourth-order valence-electron chi connectivity index (χ4n) is 6.01. The summed E-state index contributed by atoms with van der Waals surface area (Å²) < 4.78 is 21.3. The second kappa shape index (κ2) is 18.3. The van der Waals surface area contributed by atoms with Crippen molar-refractivity contribution in [3.63, 3.8) is 0 Å². The lowest BCUT2D eigenvalue weighted by atomic mass is 9.83. The molecule has 0 saturated carbocycles. The van der Waals surface area contributed by atoms with Crippen LogP contribution in [0.2, 0.25) is 0 Å². The number of nitro benzene ring substituents is 2.